The van der Waals surface area contributed by atoms with Gasteiger partial charge in [-0.3, -0.25) is 4.79 Å². The number of nitrogens with one attached hydrogen (secondary N) is 2. The van der Waals surface area contributed by atoms with Crippen molar-refractivity contribution in [2.45, 2.75) is 27.2 Å². The molecule has 0 spiro atoms. The molecule has 94 valence electrons. The van der Waals surface area contributed by atoms with Crippen LogP contribution in [0, 0.1) is 12.8 Å². The maximum atomic E-state index is 11.5. The van der Waals surface area contributed by atoms with Gasteiger partial charge in [0.25, 0.3) is 5.91 Å². The molecule has 0 bridgehead atoms. The number of aryl methyl sites for hydroxylation is 1. The van der Waals surface area contributed by atoms with Crippen molar-refractivity contribution in [3.05, 3.63) is 29.3 Å². The van der Waals surface area contributed by atoms with Crippen molar-refractivity contribution >= 4 is 11.6 Å². The number of carbonyl (C=O) groups is 1. The normalized spacial score (nSPS) is 12.0. The zero-order valence-corrected chi connectivity index (χ0v) is 11.1. The van der Waals surface area contributed by atoms with E-state index in [-0.39, 0.29) is 5.91 Å². The van der Waals surface area contributed by atoms with E-state index in [1.807, 2.05) is 25.1 Å². The molecule has 0 radical (unpaired) electrons. The lowest BCUT2D eigenvalue weighted by molar-refractivity contribution is 0.0963. The summed E-state index contributed by atoms with van der Waals surface area (Å²) in [5, 5.41) is 6.04. The topological polar surface area (TPSA) is 41.1 Å². The van der Waals surface area contributed by atoms with Gasteiger partial charge in [-0.25, -0.2) is 0 Å². The lowest BCUT2D eigenvalue weighted by Gasteiger charge is -2.14. The summed E-state index contributed by atoms with van der Waals surface area (Å²) in [7, 11) is 1.65. The molecule has 3 nitrogen and oxygen atoms in total. The fourth-order valence-corrected chi connectivity index (χ4v) is 1.58. The molecule has 0 aromatic heterocycles. The van der Waals surface area contributed by atoms with Gasteiger partial charge < -0.3 is 10.6 Å². The zero-order valence-electron chi connectivity index (χ0n) is 11.1. The molecule has 1 atom stereocenters. The van der Waals surface area contributed by atoms with Crippen molar-refractivity contribution in [3.8, 4) is 0 Å². The Bertz CT molecular complexity index is 388. The van der Waals surface area contributed by atoms with E-state index in [2.05, 4.69) is 24.5 Å². The lowest BCUT2D eigenvalue weighted by atomic mass is 10.1. The molecule has 1 rings (SSSR count). The third kappa shape index (κ3) is 3.77. The maximum absolute atomic E-state index is 11.5. The van der Waals surface area contributed by atoms with Gasteiger partial charge >= 0.3 is 0 Å². The Hall–Kier alpha value is -1.51. The molecule has 0 saturated heterocycles. The highest BCUT2D eigenvalue weighted by Crippen LogP contribution is 2.17. The molecule has 1 aromatic rings. The highest BCUT2D eigenvalue weighted by Gasteiger charge is 2.06. The summed E-state index contributed by atoms with van der Waals surface area (Å²) in [5.74, 6) is 0.620. The fourth-order valence-electron chi connectivity index (χ4n) is 1.58. The van der Waals surface area contributed by atoms with E-state index in [9.17, 15) is 4.79 Å². The second-order valence-corrected chi connectivity index (χ2v) is 4.50. The number of rotatable bonds is 5. The van der Waals surface area contributed by atoms with Gasteiger partial charge in [-0.2, -0.15) is 0 Å². The van der Waals surface area contributed by atoms with E-state index in [1.165, 1.54) is 6.42 Å². The fraction of sp³-hybridized carbons (Fsp3) is 0.500. The number of carbonyl (C=O) groups excluding carboxylic acids is 1. The zero-order chi connectivity index (χ0) is 12.8. The summed E-state index contributed by atoms with van der Waals surface area (Å²) in [6.45, 7) is 7.40. The van der Waals surface area contributed by atoms with Crippen molar-refractivity contribution in [1.29, 1.82) is 0 Å². The molecular weight excluding hydrogens is 212 g/mol. The Morgan fingerprint density at radius 2 is 2.12 bits per heavy atom. The van der Waals surface area contributed by atoms with E-state index in [0.717, 1.165) is 17.8 Å². The minimum absolute atomic E-state index is 0.0402. The van der Waals surface area contributed by atoms with Gasteiger partial charge in [0.1, 0.15) is 0 Å². The Morgan fingerprint density at radius 1 is 1.41 bits per heavy atom. The van der Waals surface area contributed by atoms with E-state index >= 15 is 0 Å². The van der Waals surface area contributed by atoms with Crippen molar-refractivity contribution in [1.82, 2.24) is 5.32 Å². The van der Waals surface area contributed by atoms with Gasteiger partial charge in [0, 0.05) is 24.8 Å². The standard InChI is InChI=1S/C14H22N2O/c1-5-10(2)9-16-13-7-6-12(8-11(13)3)14(17)15-4/h6-8,10,16H,5,9H2,1-4H3,(H,15,17). The first-order chi connectivity index (χ1) is 8.08. The van der Waals surface area contributed by atoms with Crippen LogP contribution in [0.3, 0.4) is 0 Å². The van der Waals surface area contributed by atoms with Gasteiger partial charge in [-0.1, -0.05) is 20.3 Å². The molecule has 0 heterocycles. The summed E-state index contributed by atoms with van der Waals surface area (Å²) >= 11 is 0. The maximum Gasteiger partial charge on any atom is 0.251 e. The number of hydrogen-bond donors (Lipinski definition) is 2. The highest BCUT2D eigenvalue weighted by atomic mass is 16.1. The Balaban J connectivity index is 2.73. The minimum atomic E-state index is -0.0402. The second kappa shape index (κ2) is 6.28. The molecule has 0 fully saturated rings. The van der Waals surface area contributed by atoms with Crippen LogP contribution in [0.2, 0.25) is 0 Å². The van der Waals surface area contributed by atoms with Crippen LogP contribution in [-0.4, -0.2) is 19.5 Å². The van der Waals surface area contributed by atoms with Crippen molar-refractivity contribution in [2.75, 3.05) is 18.9 Å². The number of hydrogen-bond acceptors (Lipinski definition) is 2. The molecule has 1 unspecified atom stereocenters. The third-order valence-corrected chi connectivity index (χ3v) is 3.05. The quantitative estimate of drug-likeness (QED) is 0.822. The molecule has 0 aliphatic heterocycles. The average molecular weight is 234 g/mol. The predicted molar refractivity (Wildman–Crippen MR) is 72.5 cm³/mol. The summed E-state index contributed by atoms with van der Waals surface area (Å²) in [6, 6.07) is 5.74. The van der Waals surface area contributed by atoms with Crippen LogP contribution in [0.5, 0.6) is 0 Å². The Morgan fingerprint density at radius 3 is 2.65 bits per heavy atom. The lowest BCUT2D eigenvalue weighted by Crippen LogP contribution is -2.18. The smallest absolute Gasteiger partial charge is 0.251 e. The summed E-state index contributed by atoms with van der Waals surface area (Å²) in [6.07, 6.45) is 1.17. The molecule has 17 heavy (non-hydrogen) atoms. The van der Waals surface area contributed by atoms with E-state index in [1.54, 1.807) is 7.05 Å². The van der Waals surface area contributed by atoms with Gasteiger partial charge in [0.15, 0.2) is 0 Å². The number of anilines is 1. The first-order valence-electron chi connectivity index (χ1n) is 6.15. The van der Waals surface area contributed by atoms with Crippen LogP contribution in [0.25, 0.3) is 0 Å². The van der Waals surface area contributed by atoms with E-state index < -0.39 is 0 Å². The minimum Gasteiger partial charge on any atom is -0.385 e. The monoisotopic (exact) mass is 234 g/mol. The first kappa shape index (κ1) is 13.6. The summed E-state index contributed by atoms with van der Waals surface area (Å²) < 4.78 is 0. The predicted octanol–water partition coefficient (Wildman–Crippen LogP) is 2.81. The largest absolute Gasteiger partial charge is 0.385 e. The van der Waals surface area contributed by atoms with Crippen LogP contribution >= 0.6 is 0 Å². The molecule has 1 amide bonds. The SMILES string of the molecule is CCC(C)CNc1ccc(C(=O)NC)cc1C. The molecule has 3 heteroatoms. The van der Waals surface area contributed by atoms with Crippen molar-refractivity contribution < 1.29 is 4.79 Å². The average Bonchev–Trinajstić information content (AvgIpc) is 2.35. The summed E-state index contributed by atoms with van der Waals surface area (Å²) in [4.78, 5) is 11.5. The molecule has 0 aliphatic carbocycles. The Labute approximate surface area is 104 Å². The molecule has 0 saturated carbocycles. The molecule has 0 aliphatic rings. The highest BCUT2D eigenvalue weighted by molar-refractivity contribution is 5.94. The van der Waals surface area contributed by atoms with Crippen LogP contribution in [0.15, 0.2) is 18.2 Å². The van der Waals surface area contributed by atoms with Gasteiger partial charge in [0.2, 0.25) is 0 Å². The van der Waals surface area contributed by atoms with Crippen LogP contribution in [0.1, 0.15) is 36.2 Å². The molecule has 2 N–H and O–H groups in total. The van der Waals surface area contributed by atoms with Crippen LogP contribution in [-0.2, 0) is 0 Å². The molecular formula is C14H22N2O. The summed E-state index contributed by atoms with van der Waals surface area (Å²) in [5.41, 5.74) is 2.92. The van der Waals surface area contributed by atoms with E-state index in [0.29, 0.717) is 11.5 Å². The van der Waals surface area contributed by atoms with Crippen molar-refractivity contribution in [2.24, 2.45) is 5.92 Å². The third-order valence-electron chi connectivity index (χ3n) is 3.05. The van der Waals surface area contributed by atoms with Gasteiger partial charge in [0.05, 0.1) is 0 Å². The van der Waals surface area contributed by atoms with Gasteiger partial charge in [-0.05, 0) is 36.6 Å². The molecule has 1 aromatic carbocycles. The first-order valence-corrected chi connectivity index (χ1v) is 6.15. The van der Waals surface area contributed by atoms with Crippen LogP contribution < -0.4 is 10.6 Å². The number of benzene rings is 1. The van der Waals surface area contributed by atoms with Crippen LogP contribution in [0.4, 0.5) is 5.69 Å². The second-order valence-electron chi connectivity index (χ2n) is 4.50. The van der Waals surface area contributed by atoms with Gasteiger partial charge in [-0.15, -0.1) is 0 Å². The Kier molecular flexibility index (Phi) is 5.01. The van der Waals surface area contributed by atoms with Crippen molar-refractivity contribution in [3.63, 3.8) is 0 Å². The number of amides is 1. The van der Waals surface area contributed by atoms with E-state index in [4.69, 9.17) is 0 Å².